The van der Waals surface area contributed by atoms with E-state index in [9.17, 15) is 0 Å². The average Bonchev–Trinajstić information content (AvgIpc) is 2.20. The number of hydrogen-bond acceptors (Lipinski definition) is 2. The molecule has 0 aliphatic carbocycles. The molecule has 1 saturated heterocycles. The quantitative estimate of drug-likeness (QED) is 0.576. The third-order valence-electron chi connectivity index (χ3n) is 3.15. The summed E-state index contributed by atoms with van der Waals surface area (Å²) in [6, 6.07) is 0.278. The van der Waals surface area contributed by atoms with Crippen LogP contribution in [0.1, 0.15) is 26.7 Å². The monoisotopic (exact) mass is 226 g/mol. The summed E-state index contributed by atoms with van der Waals surface area (Å²) < 4.78 is 0. The van der Waals surface area contributed by atoms with Crippen molar-refractivity contribution in [1.29, 1.82) is 0 Å². The Balaban J connectivity index is 2.36. The van der Waals surface area contributed by atoms with Crippen LogP contribution in [0, 0.1) is 5.92 Å². The molecule has 4 nitrogen and oxygen atoms in total. The lowest BCUT2D eigenvalue weighted by molar-refractivity contribution is 0.199. The van der Waals surface area contributed by atoms with Crippen LogP contribution in [-0.4, -0.2) is 55.5 Å². The van der Waals surface area contributed by atoms with Gasteiger partial charge in [-0.3, -0.25) is 4.99 Å². The van der Waals surface area contributed by atoms with Gasteiger partial charge in [-0.25, -0.2) is 0 Å². The van der Waals surface area contributed by atoms with Crippen LogP contribution in [0.25, 0.3) is 0 Å². The van der Waals surface area contributed by atoms with Gasteiger partial charge in [0.25, 0.3) is 0 Å². The molecule has 0 bridgehead atoms. The maximum absolute atomic E-state index is 5.93. The molecule has 1 aliphatic rings. The Hall–Kier alpha value is -0.770. The molecule has 0 aromatic rings. The Morgan fingerprint density at radius 2 is 2.00 bits per heavy atom. The van der Waals surface area contributed by atoms with Gasteiger partial charge in [-0.05, 0) is 52.7 Å². The fourth-order valence-electron chi connectivity index (χ4n) is 2.09. The van der Waals surface area contributed by atoms with Crippen molar-refractivity contribution in [3.63, 3.8) is 0 Å². The molecule has 1 fully saturated rings. The van der Waals surface area contributed by atoms with E-state index in [4.69, 9.17) is 5.73 Å². The van der Waals surface area contributed by atoms with Crippen LogP contribution in [0.3, 0.4) is 0 Å². The minimum Gasteiger partial charge on any atom is -0.370 e. The Morgan fingerprint density at radius 1 is 1.44 bits per heavy atom. The summed E-state index contributed by atoms with van der Waals surface area (Å²) in [4.78, 5) is 8.85. The zero-order chi connectivity index (χ0) is 12.1. The zero-order valence-electron chi connectivity index (χ0n) is 11.1. The molecule has 94 valence electrons. The first kappa shape index (κ1) is 13.3. The SMILES string of the molecule is CC(C)N=C(N)N(C)CC1CCN(C)CC1. The predicted molar refractivity (Wildman–Crippen MR) is 69.6 cm³/mol. The summed E-state index contributed by atoms with van der Waals surface area (Å²) in [5, 5.41) is 0. The van der Waals surface area contributed by atoms with E-state index in [0.29, 0.717) is 5.96 Å². The number of rotatable bonds is 3. The number of nitrogens with two attached hydrogens (primary N) is 1. The van der Waals surface area contributed by atoms with Gasteiger partial charge in [0.15, 0.2) is 5.96 Å². The van der Waals surface area contributed by atoms with Crippen molar-refractivity contribution in [1.82, 2.24) is 9.80 Å². The van der Waals surface area contributed by atoms with Crippen molar-refractivity contribution in [3.05, 3.63) is 0 Å². The summed E-state index contributed by atoms with van der Waals surface area (Å²) >= 11 is 0. The van der Waals surface area contributed by atoms with Crippen molar-refractivity contribution >= 4 is 5.96 Å². The minimum atomic E-state index is 0.278. The molecule has 0 radical (unpaired) electrons. The van der Waals surface area contributed by atoms with Crippen molar-refractivity contribution in [2.24, 2.45) is 16.6 Å². The molecule has 16 heavy (non-hydrogen) atoms. The van der Waals surface area contributed by atoms with Crippen LogP contribution in [-0.2, 0) is 0 Å². The predicted octanol–water partition coefficient (Wildman–Crippen LogP) is 0.983. The summed E-state index contributed by atoms with van der Waals surface area (Å²) in [6.07, 6.45) is 2.55. The first-order chi connectivity index (χ1) is 7.49. The van der Waals surface area contributed by atoms with Crippen LogP contribution in [0.4, 0.5) is 0 Å². The first-order valence-corrected chi connectivity index (χ1v) is 6.22. The molecule has 0 saturated carbocycles. The van der Waals surface area contributed by atoms with Crippen molar-refractivity contribution < 1.29 is 0 Å². The van der Waals surface area contributed by atoms with Crippen molar-refractivity contribution in [2.45, 2.75) is 32.7 Å². The minimum absolute atomic E-state index is 0.278. The second-order valence-electron chi connectivity index (χ2n) is 5.21. The van der Waals surface area contributed by atoms with Gasteiger partial charge in [0.2, 0.25) is 0 Å². The maximum atomic E-state index is 5.93. The second kappa shape index (κ2) is 6.09. The normalized spacial score (nSPS) is 20.4. The zero-order valence-corrected chi connectivity index (χ0v) is 11.1. The number of guanidine groups is 1. The highest BCUT2D eigenvalue weighted by atomic mass is 15.2. The largest absolute Gasteiger partial charge is 0.370 e. The Morgan fingerprint density at radius 3 is 2.50 bits per heavy atom. The van der Waals surface area contributed by atoms with E-state index in [1.165, 1.54) is 25.9 Å². The standard InChI is InChI=1S/C12H26N4/c1-10(2)14-12(13)16(4)9-11-5-7-15(3)8-6-11/h10-11H,5-9H2,1-4H3,(H2,13,14). The molecule has 1 heterocycles. The lowest BCUT2D eigenvalue weighted by Crippen LogP contribution is -2.41. The van der Waals surface area contributed by atoms with Crippen molar-refractivity contribution in [3.8, 4) is 0 Å². The second-order valence-corrected chi connectivity index (χ2v) is 5.21. The van der Waals surface area contributed by atoms with Gasteiger partial charge in [-0.15, -0.1) is 0 Å². The fraction of sp³-hybridized carbons (Fsp3) is 0.917. The highest BCUT2D eigenvalue weighted by Gasteiger charge is 2.18. The molecule has 0 aromatic carbocycles. The van der Waals surface area contributed by atoms with E-state index in [0.717, 1.165) is 12.5 Å². The highest BCUT2D eigenvalue weighted by Crippen LogP contribution is 2.16. The molecule has 0 spiro atoms. The number of aliphatic imine (C=N–C) groups is 1. The van der Waals surface area contributed by atoms with Crippen LogP contribution in [0.5, 0.6) is 0 Å². The lowest BCUT2D eigenvalue weighted by atomic mass is 9.97. The molecule has 0 aromatic heterocycles. The Labute approximate surface area is 99.5 Å². The Kier molecular flexibility index (Phi) is 5.06. The molecule has 2 N–H and O–H groups in total. The van der Waals surface area contributed by atoms with Gasteiger partial charge in [-0.1, -0.05) is 0 Å². The van der Waals surface area contributed by atoms with Crippen LogP contribution < -0.4 is 5.73 Å². The van der Waals surface area contributed by atoms with E-state index in [-0.39, 0.29) is 6.04 Å². The fourth-order valence-corrected chi connectivity index (χ4v) is 2.09. The molecule has 0 amide bonds. The third kappa shape index (κ3) is 4.39. The van der Waals surface area contributed by atoms with Crippen molar-refractivity contribution in [2.75, 3.05) is 33.7 Å². The third-order valence-corrected chi connectivity index (χ3v) is 3.15. The summed E-state index contributed by atoms with van der Waals surface area (Å²) in [7, 11) is 4.23. The molecule has 4 heteroatoms. The van der Waals surface area contributed by atoms with E-state index in [1.54, 1.807) is 0 Å². The van der Waals surface area contributed by atoms with E-state index in [1.807, 2.05) is 7.05 Å². The number of piperidine rings is 1. The van der Waals surface area contributed by atoms with Crippen LogP contribution in [0.2, 0.25) is 0 Å². The van der Waals surface area contributed by atoms with Gasteiger partial charge in [-0.2, -0.15) is 0 Å². The van der Waals surface area contributed by atoms with E-state index < -0.39 is 0 Å². The number of likely N-dealkylation sites (tertiary alicyclic amines) is 1. The summed E-state index contributed by atoms with van der Waals surface area (Å²) in [5.41, 5.74) is 5.93. The van der Waals surface area contributed by atoms with E-state index in [2.05, 4.69) is 35.7 Å². The van der Waals surface area contributed by atoms with Gasteiger partial charge < -0.3 is 15.5 Å². The molecule has 1 rings (SSSR count). The van der Waals surface area contributed by atoms with Gasteiger partial charge in [0.05, 0.1) is 0 Å². The molecule has 1 aliphatic heterocycles. The maximum Gasteiger partial charge on any atom is 0.191 e. The first-order valence-electron chi connectivity index (χ1n) is 6.22. The topological polar surface area (TPSA) is 44.9 Å². The van der Waals surface area contributed by atoms with Crippen LogP contribution >= 0.6 is 0 Å². The van der Waals surface area contributed by atoms with Gasteiger partial charge in [0.1, 0.15) is 0 Å². The van der Waals surface area contributed by atoms with Gasteiger partial charge in [0, 0.05) is 19.6 Å². The lowest BCUT2D eigenvalue weighted by Gasteiger charge is -2.32. The number of nitrogens with zero attached hydrogens (tertiary/aromatic N) is 3. The smallest absolute Gasteiger partial charge is 0.191 e. The number of hydrogen-bond donors (Lipinski definition) is 1. The van der Waals surface area contributed by atoms with E-state index >= 15 is 0 Å². The average molecular weight is 226 g/mol. The Bertz CT molecular complexity index is 229. The summed E-state index contributed by atoms with van der Waals surface area (Å²) in [6.45, 7) is 7.56. The molecular formula is C12H26N4. The molecule has 0 unspecified atom stereocenters. The molecular weight excluding hydrogens is 200 g/mol. The van der Waals surface area contributed by atoms with Gasteiger partial charge >= 0.3 is 0 Å². The highest BCUT2D eigenvalue weighted by molar-refractivity contribution is 5.77. The van der Waals surface area contributed by atoms with Crippen LogP contribution in [0.15, 0.2) is 4.99 Å². The molecule has 0 atom stereocenters. The summed E-state index contributed by atoms with van der Waals surface area (Å²) in [5.74, 6) is 1.44.